The van der Waals surface area contributed by atoms with Crippen molar-refractivity contribution in [3.05, 3.63) is 52.0 Å². The van der Waals surface area contributed by atoms with Gasteiger partial charge in [-0.2, -0.15) is 0 Å². The summed E-state index contributed by atoms with van der Waals surface area (Å²) in [6, 6.07) is 12.0. The first kappa shape index (κ1) is 16.5. The molecule has 1 unspecified atom stereocenters. The fraction of sp³-hybridized carbons (Fsp3) is 0.250. The minimum Gasteiger partial charge on any atom is -0.495 e. The van der Waals surface area contributed by atoms with Crippen molar-refractivity contribution in [2.75, 3.05) is 20.5 Å². The van der Waals surface area contributed by atoms with Gasteiger partial charge in [0.15, 0.2) is 0 Å². The molecule has 2 aromatic carbocycles. The van der Waals surface area contributed by atoms with E-state index in [2.05, 4.69) is 34.3 Å². The summed E-state index contributed by atoms with van der Waals surface area (Å²) >= 11 is 11.8. The minimum atomic E-state index is -0.280. The Morgan fingerprint density at radius 1 is 1.05 bits per heavy atom. The largest absolute Gasteiger partial charge is 0.495 e. The fourth-order valence-corrected chi connectivity index (χ4v) is 3.48. The number of alkyl halides is 1. The van der Waals surface area contributed by atoms with Crippen LogP contribution in [0.1, 0.15) is 16.5 Å². The summed E-state index contributed by atoms with van der Waals surface area (Å²) in [5.41, 5.74) is 1.94. The van der Waals surface area contributed by atoms with Crippen molar-refractivity contribution in [2.45, 2.75) is 10.3 Å². The Balaban J connectivity index is 2.42. The molecule has 0 aliphatic heterocycles. The highest BCUT2D eigenvalue weighted by Crippen LogP contribution is 2.43. The van der Waals surface area contributed by atoms with Crippen LogP contribution in [0.3, 0.4) is 0 Å². The fourth-order valence-electron chi connectivity index (χ4n) is 2.07. The smallest absolute Gasteiger partial charge is 0.141 e. The topological polar surface area (TPSA) is 18.5 Å². The number of ether oxygens (including phenoxy) is 2. The van der Waals surface area contributed by atoms with E-state index >= 15 is 0 Å². The zero-order valence-corrected chi connectivity index (χ0v) is 15.2. The molecule has 2 rings (SSSR count). The van der Waals surface area contributed by atoms with Gasteiger partial charge in [0.25, 0.3) is 0 Å². The molecule has 2 nitrogen and oxygen atoms in total. The molecule has 0 N–H and O–H groups in total. The second-order valence-corrected chi connectivity index (χ2v) is 6.45. The van der Waals surface area contributed by atoms with E-state index in [4.69, 9.17) is 21.1 Å². The number of hydrogen-bond acceptors (Lipinski definition) is 3. The Hall–Kier alpha value is -0.840. The lowest BCUT2D eigenvalue weighted by molar-refractivity contribution is 0.386. The molecule has 21 heavy (non-hydrogen) atoms. The quantitative estimate of drug-likeness (QED) is 0.497. The van der Waals surface area contributed by atoms with E-state index in [-0.39, 0.29) is 5.38 Å². The zero-order chi connectivity index (χ0) is 15.4. The monoisotopic (exact) mass is 386 g/mol. The van der Waals surface area contributed by atoms with E-state index in [0.717, 1.165) is 21.3 Å². The molecular formula is C16H16BrClO2S. The first-order valence-corrected chi connectivity index (χ1v) is 8.76. The molecule has 0 aromatic heterocycles. The average Bonchev–Trinajstić information content (AvgIpc) is 2.54. The maximum Gasteiger partial charge on any atom is 0.141 e. The second kappa shape index (κ2) is 7.43. The summed E-state index contributed by atoms with van der Waals surface area (Å²) in [5.74, 6) is 1.42. The van der Waals surface area contributed by atoms with Gasteiger partial charge in [-0.1, -0.05) is 12.1 Å². The number of benzene rings is 2. The molecule has 0 amide bonds. The predicted molar refractivity (Wildman–Crippen MR) is 93.2 cm³/mol. The molecule has 112 valence electrons. The Labute approximate surface area is 142 Å². The maximum absolute atomic E-state index is 6.63. The van der Waals surface area contributed by atoms with Crippen molar-refractivity contribution in [3.8, 4) is 11.5 Å². The summed E-state index contributed by atoms with van der Waals surface area (Å²) in [5, 5.41) is -0.280. The van der Waals surface area contributed by atoms with Crippen molar-refractivity contribution in [1.82, 2.24) is 0 Å². The van der Waals surface area contributed by atoms with Crippen molar-refractivity contribution in [1.29, 1.82) is 0 Å². The summed E-state index contributed by atoms with van der Waals surface area (Å²) in [6.45, 7) is 0. The van der Waals surface area contributed by atoms with Gasteiger partial charge in [-0.3, -0.25) is 0 Å². The van der Waals surface area contributed by atoms with Gasteiger partial charge in [0, 0.05) is 10.5 Å². The molecule has 0 saturated heterocycles. The van der Waals surface area contributed by atoms with Gasteiger partial charge in [0.2, 0.25) is 0 Å². The minimum absolute atomic E-state index is 0.280. The van der Waals surface area contributed by atoms with E-state index < -0.39 is 0 Å². The molecule has 0 saturated carbocycles. The van der Waals surface area contributed by atoms with Gasteiger partial charge in [-0.05, 0) is 52.0 Å². The Morgan fingerprint density at radius 3 is 2.24 bits per heavy atom. The van der Waals surface area contributed by atoms with Crippen molar-refractivity contribution in [3.63, 3.8) is 0 Å². The number of thioether (sulfide) groups is 1. The number of hydrogen-bond donors (Lipinski definition) is 0. The SMILES string of the molecule is COc1ccc(C(Cl)c2ccc(SC)cc2)c(OC)c1Br. The number of rotatable bonds is 5. The first-order chi connectivity index (χ1) is 10.1. The molecule has 0 aliphatic rings. The van der Waals surface area contributed by atoms with Crippen LogP contribution in [-0.4, -0.2) is 20.5 Å². The third-order valence-corrected chi connectivity index (χ3v) is 5.18. The van der Waals surface area contributed by atoms with Crippen molar-refractivity contribution in [2.24, 2.45) is 0 Å². The van der Waals surface area contributed by atoms with Crippen LogP contribution in [0.25, 0.3) is 0 Å². The average molecular weight is 388 g/mol. The summed E-state index contributed by atoms with van der Waals surface area (Å²) in [7, 11) is 3.25. The molecular weight excluding hydrogens is 372 g/mol. The van der Waals surface area contributed by atoms with Crippen LogP contribution >= 0.6 is 39.3 Å². The summed E-state index contributed by atoms with van der Waals surface area (Å²) in [6.07, 6.45) is 2.05. The third-order valence-electron chi connectivity index (χ3n) is 3.20. The molecule has 0 spiro atoms. The van der Waals surface area contributed by atoms with Gasteiger partial charge in [-0.15, -0.1) is 23.4 Å². The third kappa shape index (κ3) is 3.50. The van der Waals surface area contributed by atoms with Gasteiger partial charge in [0.1, 0.15) is 16.0 Å². The van der Waals surface area contributed by atoms with Crippen LogP contribution in [0.5, 0.6) is 11.5 Å². The van der Waals surface area contributed by atoms with E-state index in [1.54, 1.807) is 26.0 Å². The van der Waals surface area contributed by atoms with Crippen LogP contribution < -0.4 is 9.47 Å². The molecule has 0 bridgehead atoms. The van der Waals surface area contributed by atoms with Gasteiger partial charge >= 0.3 is 0 Å². The van der Waals surface area contributed by atoms with E-state index in [1.165, 1.54) is 4.90 Å². The molecule has 2 aromatic rings. The highest BCUT2D eigenvalue weighted by molar-refractivity contribution is 9.10. The van der Waals surface area contributed by atoms with Gasteiger partial charge in [-0.25, -0.2) is 0 Å². The van der Waals surface area contributed by atoms with Crippen LogP contribution in [0.4, 0.5) is 0 Å². The summed E-state index contributed by atoms with van der Waals surface area (Å²) < 4.78 is 11.6. The maximum atomic E-state index is 6.63. The molecule has 5 heteroatoms. The molecule has 1 atom stereocenters. The number of methoxy groups -OCH3 is 2. The van der Waals surface area contributed by atoms with E-state index in [0.29, 0.717) is 5.75 Å². The first-order valence-electron chi connectivity index (χ1n) is 6.30. The summed E-state index contributed by atoms with van der Waals surface area (Å²) in [4.78, 5) is 1.21. The normalized spacial score (nSPS) is 12.0. The van der Waals surface area contributed by atoms with E-state index in [1.807, 2.05) is 24.3 Å². The molecule has 0 heterocycles. The Morgan fingerprint density at radius 2 is 1.71 bits per heavy atom. The lowest BCUT2D eigenvalue weighted by Crippen LogP contribution is -1.99. The lowest BCUT2D eigenvalue weighted by atomic mass is 10.0. The molecule has 0 radical (unpaired) electrons. The molecule has 0 fully saturated rings. The number of halogens is 2. The standard InChI is InChI=1S/C16H16BrClO2S/c1-19-13-9-8-12(16(20-2)14(13)17)15(18)10-4-6-11(21-3)7-5-10/h4-9,15H,1-3H3. The van der Waals surface area contributed by atoms with Crippen molar-refractivity contribution < 1.29 is 9.47 Å². The van der Waals surface area contributed by atoms with Crippen LogP contribution in [0, 0.1) is 0 Å². The van der Waals surface area contributed by atoms with Gasteiger partial charge < -0.3 is 9.47 Å². The lowest BCUT2D eigenvalue weighted by Gasteiger charge is -2.17. The second-order valence-electron chi connectivity index (χ2n) is 4.34. The van der Waals surface area contributed by atoms with Gasteiger partial charge in [0.05, 0.1) is 19.6 Å². The van der Waals surface area contributed by atoms with Crippen LogP contribution in [-0.2, 0) is 0 Å². The molecule has 0 aliphatic carbocycles. The van der Waals surface area contributed by atoms with Crippen molar-refractivity contribution >= 4 is 39.3 Å². The Kier molecular flexibility index (Phi) is 5.85. The predicted octanol–water partition coefficient (Wildman–Crippen LogP) is 5.52. The van der Waals surface area contributed by atoms with Crippen LogP contribution in [0.2, 0.25) is 0 Å². The van der Waals surface area contributed by atoms with Crippen LogP contribution in [0.15, 0.2) is 45.8 Å². The highest BCUT2D eigenvalue weighted by Gasteiger charge is 2.20. The van der Waals surface area contributed by atoms with E-state index in [9.17, 15) is 0 Å². The highest BCUT2D eigenvalue weighted by atomic mass is 79.9. The zero-order valence-electron chi connectivity index (χ0n) is 12.0. The Bertz CT molecular complexity index is 616.